The lowest BCUT2D eigenvalue weighted by molar-refractivity contribution is -0.140. The number of hydrogen-bond donors (Lipinski definition) is 0. The summed E-state index contributed by atoms with van der Waals surface area (Å²) in [6.07, 6.45) is 2.14. The van der Waals surface area contributed by atoms with Gasteiger partial charge in [-0.2, -0.15) is 4.98 Å². The Bertz CT molecular complexity index is 679. The lowest BCUT2D eigenvalue weighted by Crippen LogP contribution is -2.43. The summed E-state index contributed by atoms with van der Waals surface area (Å²) in [6.45, 7) is 1.38. The number of carbonyl (C=O) groups excluding carboxylic acids is 1. The van der Waals surface area contributed by atoms with Crippen LogP contribution in [-0.2, 0) is 16.0 Å². The van der Waals surface area contributed by atoms with E-state index < -0.39 is 0 Å². The molecule has 1 fully saturated rings. The van der Waals surface area contributed by atoms with Crippen LogP contribution < -0.4 is 0 Å². The van der Waals surface area contributed by atoms with Crippen LogP contribution >= 0.6 is 23.2 Å². The quantitative estimate of drug-likeness (QED) is 0.843. The minimum atomic E-state index is -0.310. The molecule has 1 unspecified atom stereocenters. The van der Waals surface area contributed by atoms with Crippen LogP contribution in [0.4, 0.5) is 0 Å². The van der Waals surface area contributed by atoms with Crippen molar-refractivity contribution in [2.45, 2.75) is 18.9 Å². The molecule has 1 saturated heterocycles. The van der Waals surface area contributed by atoms with Crippen LogP contribution in [0.2, 0.25) is 10.0 Å². The van der Waals surface area contributed by atoms with Crippen molar-refractivity contribution < 1.29 is 14.1 Å². The number of carbonyl (C=O) groups is 1. The van der Waals surface area contributed by atoms with E-state index in [1.165, 1.54) is 6.39 Å². The maximum atomic E-state index is 12.6. The smallest absolute Gasteiger partial charge is 0.223 e. The first-order valence-electron chi connectivity index (χ1n) is 7.22. The van der Waals surface area contributed by atoms with Crippen molar-refractivity contribution >= 4 is 29.1 Å². The Kier molecular flexibility index (Phi) is 5.15. The molecular formula is C15H15Cl2N3O3. The summed E-state index contributed by atoms with van der Waals surface area (Å²) in [4.78, 5) is 18.3. The molecule has 0 bridgehead atoms. The Morgan fingerprint density at radius 2 is 2.26 bits per heavy atom. The van der Waals surface area contributed by atoms with Gasteiger partial charge in [-0.25, -0.2) is 0 Å². The molecule has 8 heteroatoms. The van der Waals surface area contributed by atoms with Crippen molar-refractivity contribution in [1.29, 1.82) is 0 Å². The molecule has 1 aromatic heterocycles. The number of hydrogen-bond acceptors (Lipinski definition) is 5. The number of ether oxygens (including phenoxy) is 1. The standard InChI is InChI=1S/C15H15Cl2N3O3/c16-11-3-1-10(12(17)7-11)2-4-14(21)20-5-6-22-8-13(20)15-18-9-23-19-15/h1,3,7,9,13H,2,4-6,8H2. The number of benzene rings is 1. The predicted molar refractivity (Wildman–Crippen MR) is 84.4 cm³/mol. The maximum absolute atomic E-state index is 12.6. The number of morpholine rings is 1. The van der Waals surface area contributed by atoms with E-state index in [2.05, 4.69) is 10.1 Å². The topological polar surface area (TPSA) is 68.5 Å². The first-order chi connectivity index (χ1) is 11.1. The van der Waals surface area contributed by atoms with Crippen LogP contribution in [0.5, 0.6) is 0 Å². The number of rotatable bonds is 4. The Balaban J connectivity index is 1.66. The number of nitrogens with zero attached hydrogens (tertiary/aromatic N) is 3. The third-order valence-electron chi connectivity index (χ3n) is 3.75. The molecule has 0 N–H and O–H groups in total. The molecule has 2 heterocycles. The lowest BCUT2D eigenvalue weighted by atomic mass is 10.1. The van der Waals surface area contributed by atoms with Crippen LogP contribution in [0.1, 0.15) is 23.9 Å². The molecule has 0 aliphatic carbocycles. The SMILES string of the molecule is O=C(CCc1ccc(Cl)cc1Cl)N1CCOCC1c1ncon1. The monoisotopic (exact) mass is 355 g/mol. The van der Waals surface area contributed by atoms with Gasteiger partial charge < -0.3 is 14.2 Å². The first-order valence-corrected chi connectivity index (χ1v) is 7.98. The molecule has 1 atom stereocenters. The average molecular weight is 356 g/mol. The van der Waals surface area contributed by atoms with Gasteiger partial charge in [-0.3, -0.25) is 4.79 Å². The van der Waals surface area contributed by atoms with Gasteiger partial charge >= 0.3 is 0 Å². The predicted octanol–water partition coefficient (Wildman–Crippen LogP) is 2.91. The highest BCUT2D eigenvalue weighted by molar-refractivity contribution is 6.35. The Labute approximate surface area is 143 Å². The van der Waals surface area contributed by atoms with Crippen molar-refractivity contribution in [3.63, 3.8) is 0 Å². The summed E-state index contributed by atoms with van der Waals surface area (Å²) in [7, 11) is 0. The third kappa shape index (κ3) is 3.83. The highest BCUT2D eigenvalue weighted by Crippen LogP contribution is 2.25. The highest BCUT2D eigenvalue weighted by atomic mass is 35.5. The lowest BCUT2D eigenvalue weighted by Gasteiger charge is -2.33. The van der Waals surface area contributed by atoms with E-state index in [0.29, 0.717) is 48.5 Å². The zero-order chi connectivity index (χ0) is 16.2. The first kappa shape index (κ1) is 16.2. The van der Waals surface area contributed by atoms with Crippen LogP contribution in [0, 0.1) is 0 Å². The minimum absolute atomic E-state index is 0.00844. The van der Waals surface area contributed by atoms with Gasteiger partial charge in [0.15, 0.2) is 5.82 Å². The molecule has 0 radical (unpaired) electrons. The van der Waals surface area contributed by atoms with Crippen molar-refractivity contribution in [3.8, 4) is 0 Å². The zero-order valence-corrected chi connectivity index (χ0v) is 13.8. The third-order valence-corrected chi connectivity index (χ3v) is 4.34. The van der Waals surface area contributed by atoms with Crippen molar-refractivity contribution in [2.24, 2.45) is 0 Å². The summed E-state index contributed by atoms with van der Waals surface area (Å²) < 4.78 is 10.2. The fourth-order valence-corrected chi connectivity index (χ4v) is 3.05. The Morgan fingerprint density at radius 3 is 3.00 bits per heavy atom. The summed E-state index contributed by atoms with van der Waals surface area (Å²) in [5.41, 5.74) is 0.897. The van der Waals surface area contributed by atoms with E-state index in [-0.39, 0.29) is 11.9 Å². The number of aryl methyl sites for hydroxylation is 1. The van der Waals surface area contributed by atoms with Gasteiger partial charge in [-0.1, -0.05) is 34.4 Å². The Morgan fingerprint density at radius 1 is 1.39 bits per heavy atom. The van der Waals surface area contributed by atoms with E-state index in [0.717, 1.165) is 5.56 Å². The molecule has 1 aromatic carbocycles. The molecule has 1 aliphatic rings. The van der Waals surface area contributed by atoms with Gasteiger partial charge in [0.1, 0.15) is 6.04 Å². The molecule has 3 rings (SSSR count). The molecule has 0 spiro atoms. The average Bonchev–Trinajstić information content (AvgIpc) is 3.08. The maximum Gasteiger partial charge on any atom is 0.223 e. The number of aromatic nitrogens is 2. The molecule has 23 heavy (non-hydrogen) atoms. The molecule has 1 amide bonds. The van der Waals surface area contributed by atoms with Gasteiger partial charge in [0, 0.05) is 23.0 Å². The number of halogens is 2. The fraction of sp³-hybridized carbons (Fsp3) is 0.400. The Hall–Kier alpha value is -1.63. The summed E-state index contributed by atoms with van der Waals surface area (Å²) in [5.74, 6) is 0.469. The van der Waals surface area contributed by atoms with Crippen LogP contribution in [0.3, 0.4) is 0 Å². The fourth-order valence-electron chi connectivity index (χ4n) is 2.55. The van der Waals surface area contributed by atoms with Crippen molar-refractivity contribution in [3.05, 3.63) is 46.0 Å². The zero-order valence-electron chi connectivity index (χ0n) is 12.2. The molecular weight excluding hydrogens is 341 g/mol. The minimum Gasteiger partial charge on any atom is -0.377 e. The largest absolute Gasteiger partial charge is 0.377 e. The second-order valence-corrected chi connectivity index (χ2v) is 6.05. The van der Waals surface area contributed by atoms with Crippen LogP contribution in [0.25, 0.3) is 0 Å². The summed E-state index contributed by atoms with van der Waals surface area (Å²) in [5, 5.41) is 4.97. The second kappa shape index (κ2) is 7.29. The van der Waals surface area contributed by atoms with Gasteiger partial charge in [-0.05, 0) is 24.1 Å². The van der Waals surface area contributed by atoms with Crippen molar-refractivity contribution in [2.75, 3.05) is 19.8 Å². The van der Waals surface area contributed by atoms with E-state index >= 15 is 0 Å². The normalized spacial score (nSPS) is 18.2. The summed E-state index contributed by atoms with van der Waals surface area (Å²) in [6, 6.07) is 4.98. The molecule has 0 saturated carbocycles. The van der Waals surface area contributed by atoms with Gasteiger partial charge in [0.2, 0.25) is 12.3 Å². The number of amides is 1. The second-order valence-electron chi connectivity index (χ2n) is 5.20. The molecule has 2 aromatic rings. The molecule has 1 aliphatic heterocycles. The van der Waals surface area contributed by atoms with E-state index in [1.54, 1.807) is 17.0 Å². The highest BCUT2D eigenvalue weighted by Gasteiger charge is 2.31. The van der Waals surface area contributed by atoms with Crippen LogP contribution in [0.15, 0.2) is 29.1 Å². The van der Waals surface area contributed by atoms with Gasteiger partial charge in [0.25, 0.3) is 0 Å². The van der Waals surface area contributed by atoms with E-state index in [9.17, 15) is 4.79 Å². The van der Waals surface area contributed by atoms with E-state index in [4.69, 9.17) is 32.5 Å². The summed E-state index contributed by atoms with van der Waals surface area (Å²) >= 11 is 12.0. The van der Waals surface area contributed by atoms with E-state index in [1.807, 2.05) is 6.07 Å². The molecule has 122 valence electrons. The molecule has 6 nitrogen and oxygen atoms in total. The van der Waals surface area contributed by atoms with Crippen molar-refractivity contribution in [1.82, 2.24) is 15.0 Å². The van der Waals surface area contributed by atoms with Crippen LogP contribution in [-0.4, -0.2) is 40.7 Å². The van der Waals surface area contributed by atoms with Gasteiger partial charge in [0.05, 0.1) is 13.2 Å². The van der Waals surface area contributed by atoms with Gasteiger partial charge in [-0.15, -0.1) is 0 Å².